The van der Waals surface area contributed by atoms with Gasteiger partial charge in [0.05, 0.1) is 28.0 Å². The van der Waals surface area contributed by atoms with Crippen molar-refractivity contribution in [2.24, 2.45) is 11.1 Å². The van der Waals surface area contributed by atoms with Crippen LogP contribution in [0.5, 0.6) is 0 Å². The number of anilines is 1. The summed E-state index contributed by atoms with van der Waals surface area (Å²) in [5, 5.41) is 21.1. The molecule has 2 aromatic rings. The minimum Gasteiger partial charge on any atom is -0.384 e. The third-order valence-electron chi connectivity index (χ3n) is 5.91. The Morgan fingerprint density at radius 2 is 1.85 bits per heavy atom. The number of benzene rings is 1. The molecule has 0 unspecified atom stereocenters. The molecule has 2 heterocycles. The first kappa shape index (κ1) is 23.5. The Hall–Kier alpha value is -3.65. The first-order valence-corrected chi connectivity index (χ1v) is 11.0. The Kier molecular flexibility index (Phi) is 5.52. The summed E-state index contributed by atoms with van der Waals surface area (Å²) in [5.74, 6) is -1.13. The van der Waals surface area contributed by atoms with Gasteiger partial charge in [0.15, 0.2) is 5.78 Å². The maximum atomic E-state index is 13.4. The van der Waals surface area contributed by atoms with E-state index in [2.05, 4.69) is 0 Å². The van der Waals surface area contributed by atoms with Gasteiger partial charge in [-0.2, -0.15) is 18.4 Å². The molecule has 4 rings (SSSR count). The zero-order valence-corrected chi connectivity index (χ0v) is 19.0. The highest BCUT2D eigenvalue weighted by molar-refractivity contribution is 7.15. The van der Waals surface area contributed by atoms with Crippen LogP contribution in [-0.4, -0.2) is 10.7 Å². The average molecular weight is 488 g/mol. The number of nitriles is 1. The molecule has 7 nitrogen and oxygen atoms in total. The average Bonchev–Trinajstić information content (AvgIpc) is 3.22. The fraction of sp³-hybridized carbons (Fsp3) is 0.304. The number of nitrogens with two attached hydrogens (primary N) is 1. The lowest BCUT2D eigenvalue weighted by atomic mass is 9.69. The normalized spacial score (nSPS) is 20.3. The molecule has 0 amide bonds. The van der Waals surface area contributed by atoms with E-state index in [1.165, 1.54) is 29.2 Å². The summed E-state index contributed by atoms with van der Waals surface area (Å²) in [6, 6.07) is 9.18. The predicted octanol–water partition coefficient (Wildman–Crippen LogP) is 5.62. The van der Waals surface area contributed by atoms with Gasteiger partial charge in [-0.3, -0.25) is 19.8 Å². The molecule has 1 aromatic heterocycles. The van der Waals surface area contributed by atoms with Crippen LogP contribution in [0.4, 0.5) is 23.9 Å². The van der Waals surface area contributed by atoms with E-state index in [0.29, 0.717) is 22.6 Å². The molecule has 2 N–H and O–H groups in total. The van der Waals surface area contributed by atoms with E-state index in [9.17, 15) is 33.3 Å². The molecule has 176 valence electrons. The van der Waals surface area contributed by atoms with Crippen LogP contribution in [0.1, 0.15) is 43.0 Å². The van der Waals surface area contributed by atoms with E-state index in [4.69, 9.17) is 5.73 Å². The van der Waals surface area contributed by atoms with Crippen molar-refractivity contribution in [3.63, 3.8) is 0 Å². The van der Waals surface area contributed by atoms with Crippen molar-refractivity contribution in [2.75, 3.05) is 4.90 Å². The molecular weight excluding hydrogens is 469 g/mol. The molecule has 1 atom stereocenters. The van der Waals surface area contributed by atoms with Gasteiger partial charge in [-0.05, 0) is 42.2 Å². The van der Waals surface area contributed by atoms with Gasteiger partial charge >= 0.3 is 11.2 Å². The maximum Gasteiger partial charge on any atom is 0.416 e. The SMILES string of the molecule is CC1(C)CC(=O)C2=C(C1)N(c1ccc(C(F)(F)F)cc1)C(N)=C(C#N)[C@H]2c1ccc([N+](=O)[O-])s1. The lowest BCUT2D eigenvalue weighted by molar-refractivity contribution is -0.380. The number of ketones is 1. The third-order valence-corrected chi connectivity index (χ3v) is 7.01. The lowest BCUT2D eigenvalue weighted by Gasteiger charge is -2.43. The first-order chi connectivity index (χ1) is 15.8. The van der Waals surface area contributed by atoms with Gasteiger partial charge in [0.2, 0.25) is 0 Å². The van der Waals surface area contributed by atoms with E-state index in [1.54, 1.807) is 0 Å². The second kappa shape index (κ2) is 7.99. The number of Topliss-reactive ketones (excluding diaryl/α,β-unsaturated/α-hetero) is 1. The van der Waals surface area contributed by atoms with Crippen molar-refractivity contribution >= 4 is 27.8 Å². The highest BCUT2D eigenvalue weighted by atomic mass is 32.1. The molecule has 0 radical (unpaired) electrons. The highest BCUT2D eigenvalue weighted by Crippen LogP contribution is 2.51. The van der Waals surface area contributed by atoms with Crippen molar-refractivity contribution in [1.29, 1.82) is 5.26 Å². The summed E-state index contributed by atoms with van der Waals surface area (Å²) in [4.78, 5) is 25.9. The molecule has 0 spiro atoms. The molecule has 11 heteroatoms. The van der Waals surface area contributed by atoms with Gasteiger partial charge in [0.1, 0.15) is 5.82 Å². The van der Waals surface area contributed by atoms with Crippen LogP contribution in [0.25, 0.3) is 0 Å². The zero-order valence-electron chi connectivity index (χ0n) is 18.1. The number of alkyl halides is 3. The monoisotopic (exact) mass is 488 g/mol. The molecule has 0 fully saturated rings. The Morgan fingerprint density at radius 3 is 2.38 bits per heavy atom. The summed E-state index contributed by atoms with van der Waals surface area (Å²) in [7, 11) is 0. The van der Waals surface area contributed by atoms with Crippen LogP contribution in [0.15, 0.2) is 59.1 Å². The largest absolute Gasteiger partial charge is 0.416 e. The predicted molar refractivity (Wildman–Crippen MR) is 120 cm³/mol. The molecule has 0 saturated carbocycles. The Bertz CT molecular complexity index is 1300. The van der Waals surface area contributed by atoms with Gasteiger partial charge in [-0.15, -0.1) is 0 Å². The molecule has 0 bridgehead atoms. The lowest BCUT2D eigenvalue weighted by Crippen LogP contribution is -2.42. The molecule has 1 aromatic carbocycles. The van der Waals surface area contributed by atoms with Crippen LogP contribution in [0.3, 0.4) is 0 Å². The maximum absolute atomic E-state index is 13.4. The molecule has 0 saturated heterocycles. The fourth-order valence-electron chi connectivity index (χ4n) is 4.48. The van der Waals surface area contributed by atoms with Crippen LogP contribution < -0.4 is 10.6 Å². The second-order valence-corrected chi connectivity index (χ2v) is 10.1. The summed E-state index contributed by atoms with van der Waals surface area (Å²) in [5.41, 5.74) is 6.19. The number of thiophene rings is 1. The smallest absolute Gasteiger partial charge is 0.384 e. The summed E-state index contributed by atoms with van der Waals surface area (Å²) >= 11 is 0.858. The van der Waals surface area contributed by atoms with Crippen molar-refractivity contribution in [1.82, 2.24) is 0 Å². The topological polar surface area (TPSA) is 113 Å². The standard InChI is InChI=1S/C23H19F3N4O3S/c1-22(2)9-15-20(16(31)10-22)19(17-7-8-18(34-17)30(32)33)14(11-27)21(28)29(15)13-5-3-12(4-6-13)23(24,25)26/h3-8,19H,9-10,28H2,1-2H3/t19-/m0/s1. The molecule has 1 aliphatic carbocycles. The summed E-state index contributed by atoms with van der Waals surface area (Å²) in [6.07, 6.45) is -3.96. The number of carbonyl (C=O) groups is 1. The van der Waals surface area contributed by atoms with Crippen LogP contribution in [0, 0.1) is 26.9 Å². The fourth-order valence-corrected chi connectivity index (χ4v) is 5.42. The summed E-state index contributed by atoms with van der Waals surface area (Å²) in [6.45, 7) is 3.79. The quantitative estimate of drug-likeness (QED) is 0.443. The second-order valence-electron chi connectivity index (χ2n) is 8.96. The number of rotatable bonds is 3. The molecule has 34 heavy (non-hydrogen) atoms. The van der Waals surface area contributed by atoms with E-state index in [1.807, 2.05) is 19.9 Å². The number of carbonyl (C=O) groups excluding carboxylic acids is 1. The van der Waals surface area contributed by atoms with E-state index in [0.717, 1.165) is 23.5 Å². The van der Waals surface area contributed by atoms with Gasteiger partial charge < -0.3 is 5.73 Å². The van der Waals surface area contributed by atoms with Crippen molar-refractivity contribution in [2.45, 2.75) is 38.8 Å². The summed E-state index contributed by atoms with van der Waals surface area (Å²) < 4.78 is 39.2. The Labute approximate surface area is 196 Å². The number of allylic oxidation sites excluding steroid dienone is 3. The molecule has 1 aliphatic heterocycles. The van der Waals surface area contributed by atoms with Gasteiger partial charge in [-0.1, -0.05) is 25.2 Å². The van der Waals surface area contributed by atoms with Crippen molar-refractivity contribution < 1.29 is 22.9 Å². The van der Waals surface area contributed by atoms with Gasteiger partial charge in [0, 0.05) is 34.3 Å². The van der Waals surface area contributed by atoms with Crippen molar-refractivity contribution in [3.8, 4) is 6.07 Å². The minimum absolute atomic E-state index is 0.0171. The van der Waals surface area contributed by atoms with Gasteiger partial charge in [-0.25, -0.2) is 0 Å². The highest BCUT2D eigenvalue weighted by Gasteiger charge is 2.45. The molecule has 2 aliphatic rings. The molecular formula is C23H19F3N4O3S. The Balaban J connectivity index is 1.94. The van der Waals surface area contributed by atoms with E-state index in [-0.39, 0.29) is 34.3 Å². The Morgan fingerprint density at radius 1 is 1.21 bits per heavy atom. The third kappa shape index (κ3) is 3.94. The number of hydrogen-bond acceptors (Lipinski definition) is 7. The number of hydrogen-bond donors (Lipinski definition) is 1. The van der Waals surface area contributed by atoms with Crippen LogP contribution in [-0.2, 0) is 11.0 Å². The first-order valence-electron chi connectivity index (χ1n) is 10.2. The number of nitro groups is 1. The number of halogens is 3. The van der Waals surface area contributed by atoms with Crippen LogP contribution >= 0.6 is 11.3 Å². The van der Waals surface area contributed by atoms with E-state index < -0.39 is 28.0 Å². The van der Waals surface area contributed by atoms with Gasteiger partial charge in [0.25, 0.3) is 0 Å². The van der Waals surface area contributed by atoms with Crippen LogP contribution in [0.2, 0.25) is 0 Å². The minimum atomic E-state index is -4.52. The van der Waals surface area contributed by atoms with Crippen molar-refractivity contribution in [3.05, 3.63) is 79.6 Å². The van der Waals surface area contributed by atoms with E-state index >= 15 is 0 Å². The number of nitrogens with zero attached hydrogens (tertiary/aromatic N) is 3. The zero-order chi connectivity index (χ0) is 25.0.